The van der Waals surface area contributed by atoms with Crippen LogP contribution in [0.2, 0.25) is 0 Å². The van der Waals surface area contributed by atoms with E-state index in [1.807, 2.05) is 6.92 Å². The maximum Gasteiger partial charge on any atom is 0.308 e. The average molecular weight is 798 g/mol. The third-order valence-electron chi connectivity index (χ3n) is 11.5. The van der Waals surface area contributed by atoms with E-state index >= 15 is 0 Å². The van der Waals surface area contributed by atoms with Gasteiger partial charge in [-0.3, -0.25) is 14.0 Å². The second-order valence-corrected chi connectivity index (χ2v) is 17.9. The van der Waals surface area contributed by atoms with Crippen molar-refractivity contribution in [3.63, 3.8) is 0 Å². The van der Waals surface area contributed by atoms with Crippen molar-refractivity contribution in [2.45, 2.75) is 246 Å². The summed E-state index contributed by atoms with van der Waals surface area (Å²) in [4.78, 5) is 27.7. The lowest BCUT2D eigenvalue weighted by molar-refractivity contribution is -0.150. The van der Waals surface area contributed by atoms with Crippen molar-refractivity contribution < 1.29 is 28.6 Å². The number of hydrogen-bond acceptors (Lipinski definition) is 6. The van der Waals surface area contributed by atoms with Gasteiger partial charge in [-0.15, -0.1) is 0 Å². The molecule has 6 nitrogen and oxygen atoms in total. The topological polar surface area (TPSA) is 76.1 Å². The van der Waals surface area contributed by atoms with Crippen LogP contribution in [0.1, 0.15) is 240 Å². The quantitative estimate of drug-likeness (QED) is 0.0489. The average Bonchev–Trinajstić information content (AvgIpc) is 3.18. The summed E-state index contributed by atoms with van der Waals surface area (Å²) in [6.07, 6.45) is 35.7. The summed E-state index contributed by atoms with van der Waals surface area (Å²) in [5.74, 6) is 1.02. The number of hydrogen-bond donors (Lipinski definition) is 1. The fraction of sp³-hybridized carbons (Fsp3) is 0.959. The Bertz CT molecular complexity index is 841. The monoisotopic (exact) mass is 798 g/mol. The molecule has 0 saturated heterocycles. The Labute approximate surface area is 348 Å². The molecule has 0 spiro atoms. The lowest BCUT2D eigenvalue weighted by Gasteiger charge is -2.25. The van der Waals surface area contributed by atoms with Crippen LogP contribution in [0.5, 0.6) is 0 Å². The fourth-order valence-electron chi connectivity index (χ4n) is 7.70. The lowest BCUT2D eigenvalue weighted by Crippen LogP contribution is -2.32. The van der Waals surface area contributed by atoms with E-state index in [1.54, 1.807) is 0 Å². The van der Waals surface area contributed by atoms with Crippen LogP contribution in [0.4, 0.5) is 4.39 Å². The van der Waals surface area contributed by atoms with Crippen molar-refractivity contribution in [1.29, 1.82) is 0 Å². The number of rotatable bonds is 44. The molecule has 0 amide bonds. The summed E-state index contributed by atoms with van der Waals surface area (Å²) in [6, 6.07) is 0. The van der Waals surface area contributed by atoms with Gasteiger partial charge in [0.25, 0.3) is 0 Å². The standard InChI is InChI=1S/C49H96FNO5/c1-6-7-8-9-16-26-35-47(36-27-17-10-12-20-29-38-50)56-48(53)37-28-18-14-21-30-39-51(42-45(4)43-52)40-31-22-19-25-34-46(5)49(54)55-41-32-23-13-11-15-24-33-44(2)3/h44-47,52H,6-43H2,1-5H3. The van der Waals surface area contributed by atoms with Crippen LogP contribution < -0.4 is 0 Å². The molecule has 0 aromatic rings. The molecule has 7 heteroatoms. The molecule has 334 valence electrons. The number of unbranched alkanes of at least 4 members (excludes halogenated alkanes) is 22. The van der Waals surface area contributed by atoms with Crippen LogP contribution in [-0.2, 0) is 19.1 Å². The maximum atomic E-state index is 12.8. The van der Waals surface area contributed by atoms with Crippen LogP contribution in [0.25, 0.3) is 0 Å². The second kappa shape index (κ2) is 41.9. The fourth-order valence-corrected chi connectivity index (χ4v) is 7.70. The highest BCUT2D eigenvalue weighted by Gasteiger charge is 2.16. The van der Waals surface area contributed by atoms with Crippen LogP contribution in [0, 0.1) is 17.8 Å². The molecular weight excluding hydrogens is 702 g/mol. The van der Waals surface area contributed by atoms with Gasteiger partial charge in [0.15, 0.2) is 0 Å². The van der Waals surface area contributed by atoms with Crippen molar-refractivity contribution in [2.24, 2.45) is 17.8 Å². The van der Waals surface area contributed by atoms with Crippen molar-refractivity contribution in [1.82, 2.24) is 4.90 Å². The minimum absolute atomic E-state index is 0.0174. The molecule has 0 aliphatic rings. The van der Waals surface area contributed by atoms with Gasteiger partial charge in [0.05, 0.1) is 19.2 Å². The first-order chi connectivity index (χ1) is 27.2. The third kappa shape index (κ3) is 38.3. The number of alkyl halides is 1. The Morgan fingerprint density at radius 3 is 1.57 bits per heavy atom. The van der Waals surface area contributed by atoms with E-state index in [0.717, 1.165) is 148 Å². The summed E-state index contributed by atoms with van der Waals surface area (Å²) < 4.78 is 23.9. The number of halogens is 1. The van der Waals surface area contributed by atoms with Gasteiger partial charge in [-0.2, -0.15) is 0 Å². The smallest absolute Gasteiger partial charge is 0.308 e. The predicted octanol–water partition coefficient (Wildman–Crippen LogP) is 14.1. The molecule has 0 bridgehead atoms. The number of ether oxygens (including phenoxy) is 2. The van der Waals surface area contributed by atoms with Crippen molar-refractivity contribution >= 4 is 11.9 Å². The van der Waals surface area contributed by atoms with Gasteiger partial charge in [0, 0.05) is 19.6 Å². The number of nitrogens with zero attached hydrogens (tertiary/aromatic N) is 1. The SMILES string of the molecule is CCCCCCCCC(CCCCCCCCF)OC(=O)CCCCCCCN(CCCCCCC(C)C(=O)OCCCCCCCCC(C)C)CC(C)CO. The van der Waals surface area contributed by atoms with Gasteiger partial charge in [-0.05, 0) is 89.1 Å². The van der Waals surface area contributed by atoms with Crippen molar-refractivity contribution in [3.8, 4) is 0 Å². The van der Waals surface area contributed by atoms with E-state index in [4.69, 9.17) is 9.47 Å². The Hall–Kier alpha value is -1.21. The third-order valence-corrected chi connectivity index (χ3v) is 11.5. The number of aliphatic hydroxyl groups is 1. The Morgan fingerprint density at radius 2 is 1.04 bits per heavy atom. The predicted molar refractivity (Wildman–Crippen MR) is 237 cm³/mol. The molecule has 3 unspecified atom stereocenters. The van der Waals surface area contributed by atoms with Gasteiger partial charge in [0.2, 0.25) is 0 Å². The normalized spacial score (nSPS) is 13.4. The molecular formula is C49H96FNO5. The molecule has 0 saturated carbocycles. The van der Waals surface area contributed by atoms with Crippen LogP contribution in [0.3, 0.4) is 0 Å². The highest BCUT2D eigenvalue weighted by Crippen LogP contribution is 2.19. The zero-order valence-corrected chi connectivity index (χ0v) is 38.1. The Morgan fingerprint density at radius 1 is 0.571 bits per heavy atom. The highest BCUT2D eigenvalue weighted by molar-refractivity contribution is 5.71. The van der Waals surface area contributed by atoms with Gasteiger partial charge in [-0.25, -0.2) is 0 Å². The number of carbonyl (C=O) groups excluding carboxylic acids is 2. The summed E-state index contributed by atoms with van der Waals surface area (Å²) in [6.45, 7) is 14.6. The summed E-state index contributed by atoms with van der Waals surface area (Å²) >= 11 is 0. The summed E-state index contributed by atoms with van der Waals surface area (Å²) in [5, 5.41) is 9.69. The van der Waals surface area contributed by atoms with Crippen LogP contribution in [-0.4, -0.2) is 67.6 Å². The molecule has 0 aliphatic carbocycles. The largest absolute Gasteiger partial charge is 0.465 e. The van der Waals surface area contributed by atoms with Gasteiger partial charge in [-0.1, -0.05) is 169 Å². The van der Waals surface area contributed by atoms with E-state index < -0.39 is 0 Å². The van der Waals surface area contributed by atoms with E-state index in [9.17, 15) is 19.1 Å². The lowest BCUT2D eigenvalue weighted by atomic mass is 10.0. The molecule has 0 aromatic carbocycles. The zero-order chi connectivity index (χ0) is 41.3. The van der Waals surface area contributed by atoms with E-state index in [1.165, 1.54) is 70.6 Å². The van der Waals surface area contributed by atoms with Crippen LogP contribution >= 0.6 is 0 Å². The molecule has 0 aliphatic heterocycles. The second-order valence-electron chi connectivity index (χ2n) is 17.9. The Kier molecular flexibility index (Phi) is 41.0. The van der Waals surface area contributed by atoms with E-state index in [2.05, 4.69) is 32.6 Å². The number of aliphatic hydroxyl groups excluding tert-OH is 1. The number of carbonyl (C=O) groups is 2. The van der Waals surface area contributed by atoms with E-state index in [0.29, 0.717) is 19.4 Å². The van der Waals surface area contributed by atoms with Crippen LogP contribution in [0.15, 0.2) is 0 Å². The first kappa shape index (κ1) is 54.8. The van der Waals surface area contributed by atoms with Crippen molar-refractivity contribution in [3.05, 3.63) is 0 Å². The maximum absolute atomic E-state index is 12.8. The molecule has 0 radical (unpaired) electrons. The molecule has 3 atom stereocenters. The minimum atomic E-state index is -0.206. The Balaban J connectivity index is 4.19. The molecule has 1 N–H and O–H groups in total. The van der Waals surface area contributed by atoms with Gasteiger partial charge < -0.3 is 19.5 Å². The first-order valence-corrected chi connectivity index (χ1v) is 24.5. The molecule has 0 fully saturated rings. The first-order valence-electron chi connectivity index (χ1n) is 24.5. The van der Waals surface area contributed by atoms with E-state index in [-0.39, 0.29) is 43.2 Å². The van der Waals surface area contributed by atoms with Gasteiger partial charge in [0.1, 0.15) is 6.10 Å². The summed E-state index contributed by atoms with van der Waals surface area (Å²) in [7, 11) is 0. The molecule has 0 heterocycles. The highest BCUT2D eigenvalue weighted by atomic mass is 19.1. The van der Waals surface area contributed by atoms with Crippen molar-refractivity contribution in [2.75, 3.05) is 39.5 Å². The zero-order valence-electron chi connectivity index (χ0n) is 38.1. The molecule has 0 rings (SSSR count). The summed E-state index contributed by atoms with van der Waals surface area (Å²) in [5.41, 5.74) is 0. The van der Waals surface area contributed by atoms with Gasteiger partial charge >= 0.3 is 11.9 Å². The molecule has 56 heavy (non-hydrogen) atoms. The minimum Gasteiger partial charge on any atom is -0.465 e. The number of esters is 2. The molecule has 0 aromatic heterocycles.